The van der Waals surface area contributed by atoms with Crippen molar-refractivity contribution in [3.8, 4) is 0 Å². The molecule has 1 amide bonds. The second-order valence-electron chi connectivity index (χ2n) is 5.94. The number of carbonyl (C=O) groups excluding carboxylic acids is 1. The summed E-state index contributed by atoms with van der Waals surface area (Å²) in [5, 5.41) is 3.09. The normalized spacial score (nSPS) is 14.1. The van der Waals surface area contributed by atoms with E-state index in [2.05, 4.69) is 33.1 Å². The van der Waals surface area contributed by atoms with E-state index >= 15 is 0 Å². The van der Waals surface area contributed by atoms with E-state index in [9.17, 15) is 4.79 Å². The average molecular weight is 271 g/mol. The van der Waals surface area contributed by atoms with Crippen LogP contribution in [0.5, 0.6) is 0 Å². The maximum Gasteiger partial charge on any atom is 0.224 e. The molecule has 3 nitrogen and oxygen atoms in total. The highest BCUT2D eigenvalue weighted by molar-refractivity contribution is 5.75. The fourth-order valence-corrected chi connectivity index (χ4v) is 2.32. The van der Waals surface area contributed by atoms with Crippen LogP contribution in [0, 0.1) is 0 Å². The molecule has 114 valence electrons. The Morgan fingerprint density at radius 1 is 0.947 bits per heavy atom. The molecule has 0 bridgehead atoms. The molecule has 0 aliphatic carbocycles. The molecular formula is C16H35N2O+. The molecule has 0 aromatic heterocycles. The number of unbranched alkanes of at least 4 members (excludes halogenated alkanes) is 5. The molecule has 0 spiro atoms. The molecule has 0 saturated heterocycles. The van der Waals surface area contributed by atoms with Gasteiger partial charge in [0.05, 0.1) is 20.1 Å². The Hall–Kier alpha value is -0.570. The lowest BCUT2D eigenvalue weighted by Crippen LogP contribution is -2.51. The van der Waals surface area contributed by atoms with Crippen LogP contribution in [0.25, 0.3) is 0 Å². The van der Waals surface area contributed by atoms with E-state index in [4.69, 9.17) is 0 Å². The van der Waals surface area contributed by atoms with Gasteiger partial charge >= 0.3 is 0 Å². The van der Waals surface area contributed by atoms with Crippen molar-refractivity contribution in [3.05, 3.63) is 0 Å². The number of hydrogen-bond donors (Lipinski definition) is 1. The molecule has 0 aliphatic rings. The van der Waals surface area contributed by atoms with Crippen LogP contribution >= 0.6 is 0 Å². The molecule has 19 heavy (non-hydrogen) atoms. The van der Waals surface area contributed by atoms with Crippen LogP contribution in [0.4, 0.5) is 0 Å². The molecule has 0 aliphatic heterocycles. The molecule has 0 aromatic carbocycles. The van der Waals surface area contributed by atoms with E-state index in [-0.39, 0.29) is 5.91 Å². The van der Waals surface area contributed by atoms with Crippen LogP contribution in [0.1, 0.15) is 72.1 Å². The van der Waals surface area contributed by atoms with Crippen molar-refractivity contribution in [2.45, 2.75) is 72.1 Å². The summed E-state index contributed by atoms with van der Waals surface area (Å²) in [6.45, 7) is 9.60. The Morgan fingerprint density at radius 2 is 1.58 bits per heavy atom. The van der Waals surface area contributed by atoms with Gasteiger partial charge in [-0.05, 0) is 19.8 Å². The predicted molar refractivity (Wildman–Crippen MR) is 82.9 cm³/mol. The van der Waals surface area contributed by atoms with Gasteiger partial charge in [-0.1, -0.05) is 46.0 Å². The number of amides is 1. The molecule has 3 heteroatoms. The summed E-state index contributed by atoms with van der Waals surface area (Å²) < 4.78 is 0.943. The summed E-state index contributed by atoms with van der Waals surface area (Å²) >= 11 is 0. The molecule has 0 aromatic rings. The largest absolute Gasteiger partial charge is 0.309 e. The van der Waals surface area contributed by atoms with Crippen molar-refractivity contribution >= 4 is 5.91 Å². The number of rotatable bonds is 12. The quantitative estimate of drug-likeness (QED) is 0.327. The maximum atomic E-state index is 11.8. The van der Waals surface area contributed by atoms with Crippen LogP contribution in [-0.4, -0.2) is 37.2 Å². The van der Waals surface area contributed by atoms with E-state index in [1.165, 1.54) is 32.1 Å². The Balaban J connectivity index is 3.63. The van der Waals surface area contributed by atoms with Crippen molar-refractivity contribution in [1.82, 2.24) is 5.32 Å². The van der Waals surface area contributed by atoms with Crippen LogP contribution < -0.4 is 5.32 Å². The summed E-state index contributed by atoms with van der Waals surface area (Å²) in [7, 11) is 2.22. The Labute approximate surface area is 120 Å². The summed E-state index contributed by atoms with van der Waals surface area (Å²) in [6.07, 6.45) is 9.31. The van der Waals surface area contributed by atoms with Gasteiger partial charge in [0, 0.05) is 6.42 Å². The number of nitrogens with zero attached hydrogens (tertiary/aromatic N) is 1. The molecule has 1 atom stereocenters. The second-order valence-corrected chi connectivity index (χ2v) is 5.94. The SMILES string of the molecule is CCCCCCCCC(=O)NC[N+](C)(CC)CCC. The molecule has 0 rings (SSSR count). The van der Waals surface area contributed by atoms with Gasteiger partial charge in [0.15, 0.2) is 6.67 Å². The lowest BCUT2D eigenvalue weighted by Gasteiger charge is -2.33. The topological polar surface area (TPSA) is 29.1 Å². The summed E-state index contributed by atoms with van der Waals surface area (Å²) in [5.41, 5.74) is 0. The number of carbonyl (C=O) groups is 1. The molecule has 1 N–H and O–H groups in total. The minimum Gasteiger partial charge on any atom is -0.309 e. The van der Waals surface area contributed by atoms with Crippen LogP contribution in [-0.2, 0) is 4.79 Å². The van der Waals surface area contributed by atoms with E-state index in [1.54, 1.807) is 0 Å². The standard InChI is InChI=1S/C16H34N2O/c1-5-8-9-10-11-12-13-16(19)17-15-18(4,7-3)14-6-2/h5-15H2,1-4H3/p+1. The van der Waals surface area contributed by atoms with Crippen LogP contribution in [0.3, 0.4) is 0 Å². The monoisotopic (exact) mass is 271 g/mol. The Bertz CT molecular complexity index is 231. The van der Waals surface area contributed by atoms with E-state index in [1.807, 2.05) is 0 Å². The van der Waals surface area contributed by atoms with Gasteiger partial charge < -0.3 is 9.80 Å². The van der Waals surface area contributed by atoms with E-state index < -0.39 is 0 Å². The van der Waals surface area contributed by atoms with Crippen molar-refractivity contribution in [3.63, 3.8) is 0 Å². The van der Waals surface area contributed by atoms with Crippen molar-refractivity contribution < 1.29 is 9.28 Å². The number of nitrogens with one attached hydrogen (secondary N) is 1. The summed E-state index contributed by atoms with van der Waals surface area (Å²) in [6, 6.07) is 0. The highest BCUT2D eigenvalue weighted by atomic mass is 16.1. The predicted octanol–water partition coefficient (Wildman–Crippen LogP) is 3.69. The van der Waals surface area contributed by atoms with Gasteiger partial charge in [-0.25, -0.2) is 0 Å². The first-order chi connectivity index (χ1) is 9.08. The third-order valence-corrected chi connectivity index (χ3v) is 3.94. The zero-order valence-electron chi connectivity index (χ0n) is 13.6. The van der Waals surface area contributed by atoms with Crippen LogP contribution in [0.2, 0.25) is 0 Å². The smallest absolute Gasteiger partial charge is 0.224 e. The first-order valence-corrected chi connectivity index (χ1v) is 8.18. The maximum absolute atomic E-state index is 11.8. The molecule has 0 heterocycles. The third kappa shape index (κ3) is 9.94. The number of quaternary nitrogens is 1. The zero-order chi connectivity index (χ0) is 14.6. The van der Waals surface area contributed by atoms with Gasteiger partial charge in [-0.3, -0.25) is 4.79 Å². The highest BCUT2D eigenvalue weighted by Crippen LogP contribution is 2.07. The van der Waals surface area contributed by atoms with Gasteiger partial charge in [-0.2, -0.15) is 0 Å². The minimum atomic E-state index is 0.226. The third-order valence-electron chi connectivity index (χ3n) is 3.94. The highest BCUT2D eigenvalue weighted by Gasteiger charge is 2.18. The molecule has 0 fully saturated rings. The molecule has 0 saturated carbocycles. The minimum absolute atomic E-state index is 0.226. The van der Waals surface area contributed by atoms with Gasteiger partial charge in [0.2, 0.25) is 5.91 Å². The fraction of sp³-hybridized carbons (Fsp3) is 0.938. The van der Waals surface area contributed by atoms with Crippen molar-refractivity contribution in [2.24, 2.45) is 0 Å². The fourth-order valence-electron chi connectivity index (χ4n) is 2.32. The first-order valence-electron chi connectivity index (χ1n) is 8.18. The second kappa shape index (κ2) is 11.3. The average Bonchev–Trinajstić information content (AvgIpc) is 2.41. The molecule has 1 unspecified atom stereocenters. The zero-order valence-corrected chi connectivity index (χ0v) is 13.6. The van der Waals surface area contributed by atoms with Gasteiger partial charge in [-0.15, -0.1) is 0 Å². The first kappa shape index (κ1) is 18.4. The van der Waals surface area contributed by atoms with Gasteiger partial charge in [0.1, 0.15) is 0 Å². The summed E-state index contributed by atoms with van der Waals surface area (Å²) in [4.78, 5) is 11.8. The van der Waals surface area contributed by atoms with Crippen molar-refractivity contribution in [1.29, 1.82) is 0 Å². The lowest BCUT2D eigenvalue weighted by molar-refractivity contribution is -0.909. The Morgan fingerprint density at radius 3 is 2.16 bits per heavy atom. The number of hydrogen-bond acceptors (Lipinski definition) is 1. The van der Waals surface area contributed by atoms with Gasteiger partial charge in [0.25, 0.3) is 0 Å². The Kier molecular flexibility index (Phi) is 10.9. The molecule has 0 radical (unpaired) electrons. The van der Waals surface area contributed by atoms with E-state index in [0.29, 0.717) is 6.42 Å². The summed E-state index contributed by atoms with van der Waals surface area (Å²) in [5.74, 6) is 0.226. The lowest BCUT2D eigenvalue weighted by atomic mass is 10.1. The van der Waals surface area contributed by atoms with E-state index in [0.717, 1.165) is 37.1 Å². The van der Waals surface area contributed by atoms with Crippen LogP contribution in [0.15, 0.2) is 0 Å². The molecular weight excluding hydrogens is 236 g/mol. The van der Waals surface area contributed by atoms with Crippen molar-refractivity contribution in [2.75, 3.05) is 26.8 Å².